The Labute approximate surface area is 432 Å². The molecule has 0 saturated heterocycles. The van der Waals surface area contributed by atoms with Gasteiger partial charge in [-0.1, -0.05) is 206 Å². The fraction of sp³-hybridized carbons (Fsp3) is 0.769. The number of esters is 2. The number of carbonyl (C=O) groups is 2. The van der Waals surface area contributed by atoms with E-state index in [1.165, 1.54) is 240 Å². The van der Waals surface area contributed by atoms with Crippen LogP contribution in [0.5, 0.6) is 0 Å². The molecule has 0 saturated carbocycles. The molecule has 0 aliphatic heterocycles. The first-order chi connectivity index (χ1) is 31.2. The minimum Gasteiger partial charge on any atom is -0.468 e. The van der Waals surface area contributed by atoms with Crippen molar-refractivity contribution in [2.45, 2.75) is 219 Å². The van der Waals surface area contributed by atoms with Gasteiger partial charge in [0.1, 0.15) is 0 Å². The zero-order valence-corrected chi connectivity index (χ0v) is 47.4. The summed E-state index contributed by atoms with van der Waals surface area (Å²) in [5.41, 5.74) is 1.90. The Hall–Kier alpha value is 0.440. The number of thioether (sulfide) groups is 4. The Morgan fingerprint density at radius 1 is 0.344 bits per heavy atom. The van der Waals surface area contributed by atoms with Crippen molar-refractivity contribution >= 4 is 110 Å². The van der Waals surface area contributed by atoms with E-state index >= 15 is 0 Å². The lowest BCUT2D eigenvalue weighted by Gasteiger charge is -2.16. The van der Waals surface area contributed by atoms with Gasteiger partial charge in [0.05, 0.1) is 25.7 Å². The smallest absolute Gasteiger partial charge is 0.315 e. The third-order valence-corrected chi connectivity index (χ3v) is 19.3. The Kier molecular flexibility index (Phi) is 38.0. The first kappa shape index (κ1) is 60.6. The number of hydrogen-bond donors (Lipinski definition) is 4. The number of hydrogen-bond acceptors (Lipinski definition) is 12. The van der Waals surface area contributed by atoms with Crippen LogP contribution >= 0.6 is 97.6 Å². The average molecular weight is 1030 g/mol. The summed E-state index contributed by atoms with van der Waals surface area (Å²) in [6.45, 7) is 4.58. The summed E-state index contributed by atoms with van der Waals surface area (Å²) < 4.78 is 10.2. The van der Waals surface area contributed by atoms with E-state index in [9.17, 15) is 9.59 Å². The molecule has 0 heterocycles. The van der Waals surface area contributed by atoms with Gasteiger partial charge in [-0.25, -0.2) is 0 Å². The van der Waals surface area contributed by atoms with E-state index < -0.39 is 0 Å². The second kappa shape index (κ2) is 40.2. The van der Waals surface area contributed by atoms with E-state index in [1.807, 2.05) is 23.5 Å². The van der Waals surface area contributed by atoms with E-state index in [1.54, 1.807) is 0 Å². The zero-order chi connectivity index (χ0) is 46.6. The van der Waals surface area contributed by atoms with Crippen molar-refractivity contribution in [3.8, 4) is 0 Å². The van der Waals surface area contributed by atoms with Gasteiger partial charge in [0.2, 0.25) is 0 Å². The topological polar surface area (TPSA) is 52.6 Å². The lowest BCUT2D eigenvalue weighted by atomic mass is 10.0. The molecule has 0 spiro atoms. The molecule has 2 aliphatic carbocycles. The summed E-state index contributed by atoms with van der Waals surface area (Å²) in [6, 6.07) is 0. The lowest BCUT2D eigenvalue weighted by molar-refractivity contribution is -0.138. The second-order valence-corrected chi connectivity index (χ2v) is 23.5. The van der Waals surface area contributed by atoms with E-state index in [4.69, 9.17) is 60.0 Å². The minimum atomic E-state index is -0.296. The third kappa shape index (κ3) is 25.3. The molecule has 0 radical (unpaired) electrons. The van der Waals surface area contributed by atoms with Gasteiger partial charge in [0, 0.05) is 50.4 Å². The molecule has 0 aromatic rings. The highest BCUT2D eigenvalue weighted by Crippen LogP contribution is 2.59. The van der Waals surface area contributed by atoms with Gasteiger partial charge in [-0.2, -0.15) is 0 Å². The number of rotatable bonds is 42. The highest BCUT2D eigenvalue weighted by atomic mass is 32.2. The molecule has 12 heteroatoms. The molecule has 0 amide bonds. The first-order valence-electron chi connectivity index (χ1n) is 25.4. The Balaban J connectivity index is 2.06. The van der Waals surface area contributed by atoms with E-state index in [2.05, 4.69) is 13.8 Å². The maximum absolute atomic E-state index is 12.6. The maximum Gasteiger partial charge on any atom is 0.315 e. The SMILES string of the molecule is CCCCCCCCCCCCCCCCCCSC1=C(SCCCCCCCCCCCCCCCCCC)C(=C2C(S)=C(S)C(S)=C2S)C(SCC(=O)OC)=C1SCC(=O)OC. The van der Waals surface area contributed by atoms with Crippen LogP contribution < -0.4 is 0 Å². The van der Waals surface area contributed by atoms with Crippen molar-refractivity contribution in [3.05, 3.63) is 50.4 Å². The Morgan fingerprint density at radius 3 is 0.906 bits per heavy atom. The normalized spacial score (nSPS) is 14.4. The molecule has 0 N–H and O–H groups in total. The van der Waals surface area contributed by atoms with Gasteiger partial charge >= 0.3 is 11.9 Å². The van der Waals surface area contributed by atoms with Gasteiger partial charge in [-0.15, -0.1) is 97.6 Å². The number of ether oxygens (including phenoxy) is 2. The van der Waals surface area contributed by atoms with E-state index in [0.29, 0.717) is 9.81 Å². The molecule has 4 nitrogen and oxygen atoms in total. The first-order valence-corrected chi connectivity index (χ1v) is 31.1. The number of allylic oxidation sites excluding steroid dienone is 4. The molecule has 2 aliphatic rings. The van der Waals surface area contributed by atoms with Crippen LogP contribution in [0.2, 0.25) is 0 Å². The summed E-state index contributed by atoms with van der Waals surface area (Å²) in [6.07, 6.45) is 43.2. The van der Waals surface area contributed by atoms with Crippen LogP contribution in [-0.2, 0) is 19.1 Å². The second-order valence-electron chi connectivity index (χ2n) is 17.5. The molecule has 0 aromatic heterocycles. The predicted octanol–water partition coefficient (Wildman–Crippen LogP) is 18.7. The highest BCUT2D eigenvalue weighted by molar-refractivity contribution is 8.12. The average Bonchev–Trinajstić information content (AvgIpc) is 3.68. The number of methoxy groups -OCH3 is 2. The molecule has 368 valence electrons. The van der Waals surface area contributed by atoms with Crippen molar-refractivity contribution in [1.29, 1.82) is 0 Å². The Bertz CT molecular complexity index is 1460. The molecule has 2 rings (SSSR count). The van der Waals surface area contributed by atoms with E-state index in [-0.39, 0.29) is 23.4 Å². The standard InChI is InChI=1S/C52H88O4S8/c1-5-7-9-11-13-15-17-19-21-23-25-27-29-31-33-35-37-61-49-44(43-45(57)47(59)48(60)46(43)58)50(63-39-41(53)55-3)52(64-40-42(54)56-4)51(49)62-38-36-34-32-30-28-26-24-22-20-18-16-14-12-10-8-6-2/h57-60H,5-40H2,1-4H3. The molecule has 0 unspecified atom stereocenters. The van der Waals surface area contributed by atoms with Gasteiger partial charge in [-0.05, 0) is 24.3 Å². The van der Waals surface area contributed by atoms with Crippen molar-refractivity contribution < 1.29 is 19.1 Å². The van der Waals surface area contributed by atoms with Crippen LogP contribution in [0.3, 0.4) is 0 Å². The summed E-state index contributed by atoms with van der Waals surface area (Å²) in [5, 5.41) is 0. The fourth-order valence-electron chi connectivity index (χ4n) is 8.14. The monoisotopic (exact) mass is 1030 g/mol. The predicted molar refractivity (Wildman–Crippen MR) is 304 cm³/mol. The Morgan fingerprint density at radius 2 is 0.594 bits per heavy atom. The highest BCUT2D eigenvalue weighted by Gasteiger charge is 2.37. The summed E-state index contributed by atoms with van der Waals surface area (Å²) in [5.74, 6) is 1.73. The lowest BCUT2D eigenvalue weighted by Crippen LogP contribution is -2.05. The molecule has 64 heavy (non-hydrogen) atoms. The van der Waals surface area contributed by atoms with Gasteiger partial charge < -0.3 is 9.47 Å². The minimum absolute atomic E-state index is 0.151. The maximum atomic E-state index is 12.6. The number of thiol groups is 4. The number of carbonyl (C=O) groups excluding carboxylic acids is 2. The largest absolute Gasteiger partial charge is 0.468 e. The van der Waals surface area contributed by atoms with Gasteiger partial charge in [-0.3, -0.25) is 9.59 Å². The van der Waals surface area contributed by atoms with Crippen LogP contribution in [-0.4, -0.2) is 49.2 Å². The summed E-state index contributed by atoms with van der Waals surface area (Å²) >= 11 is 26.3. The van der Waals surface area contributed by atoms with E-state index in [0.717, 1.165) is 55.1 Å². The van der Waals surface area contributed by atoms with Gasteiger partial charge in [0.25, 0.3) is 0 Å². The van der Waals surface area contributed by atoms with Crippen LogP contribution in [0.25, 0.3) is 0 Å². The third-order valence-electron chi connectivity index (χ3n) is 12.1. The number of unbranched alkanes of at least 4 members (excludes halogenated alkanes) is 30. The van der Waals surface area contributed by atoms with Crippen molar-refractivity contribution in [1.82, 2.24) is 0 Å². The molecular weight excluding hydrogens is 945 g/mol. The van der Waals surface area contributed by atoms with Crippen LogP contribution in [0.15, 0.2) is 50.4 Å². The molecule has 0 aromatic carbocycles. The van der Waals surface area contributed by atoms with Gasteiger partial charge in [0.15, 0.2) is 0 Å². The van der Waals surface area contributed by atoms with Crippen molar-refractivity contribution in [3.63, 3.8) is 0 Å². The molecule has 0 fully saturated rings. The summed E-state index contributed by atoms with van der Waals surface area (Å²) in [7, 11) is 2.86. The fourth-order valence-corrected chi connectivity index (χ4v) is 14.7. The molecule has 0 bridgehead atoms. The summed E-state index contributed by atoms with van der Waals surface area (Å²) in [4.78, 5) is 32.5. The quantitative estimate of drug-likeness (QED) is 0.0274. The van der Waals surface area contributed by atoms with Crippen LogP contribution in [0.4, 0.5) is 0 Å². The molecular formula is C52H88O4S8. The van der Waals surface area contributed by atoms with Crippen molar-refractivity contribution in [2.75, 3.05) is 37.2 Å². The van der Waals surface area contributed by atoms with Crippen LogP contribution in [0, 0.1) is 0 Å². The zero-order valence-electron chi connectivity index (χ0n) is 40.5. The molecule has 0 atom stereocenters. The van der Waals surface area contributed by atoms with Crippen molar-refractivity contribution in [2.24, 2.45) is 0 Å². The van der Waals surface area contributed by atoms with Crippen LogP contribution in [0.1, 0.15) is 219 Å².